The molecule has 0 bridgehead atoms. The van der Waals surface area contributed by atoms with Gasteiger partial charge in [0, 0.05) is 29.4 Å². The zero-order valence-electron chi connectivity index (χ0n) is 10.8. The van der Waals surface area contributed by atoms with Gasteiger partial charge in [0.25, 0.3) is 0 Å². The fourth-order valence-electron chi connectivity index (χ4n) is 1.71. The quantitative estimate of drug-likeness (QED) is 0.905. The smallest absolute Gasteiger partial charge is 0.194 e. The molecular weight excluding hydrogens is 250 g/mol. The second-order valence-corrected chi connectivity index (χ2v) is 7.15. The van der Waals surface area contributed by atoms with Gasteiger partial charge in [-0.25, -0.2) is 4.98 Å². The van der Waals surface area contributed by atoms with Gasteiger partial charge >= 0.3 is 0 Å². The summed E-state index contributed by atoms with van der Waals surface area (Å²) in [6, 6.07) is 0. The van der Waals surface area contributed by atoms with E-state index in [9.17, 15) is 0 Å². The highest BCUT2D eigenvalue weighted by molar-refractivity contribution is 7.99. The van der Waals surface area contributed by atoms with Crippen LogP contribution in [0.3, 0.4) is 0 Å². The lowest BCUT2D eigenvalue weighted by molar-refractivity contribution is 0.582. The van der Waals surface area contributed by atoms with Crippen LogP contribution >= 0.6 is 23.1 Å². The Hall–Kier alpha value is -0.520. The predicted octanol–water partition coefficient (Wildman–Crippen LogP) is 2.94. The number of thiazole rings is 1. The van der Waals surface area contributed by atoms with E-state index in [2.05, 4.69) is 53.3 Å². The van der Waals surface area contributed by atoms with E-state index in [-0.39, 0.29) is 4.75 Å². The number of fused-ring (bicyclic) bond motifs is 1. The van der Waals surface area contributed by atoms with Crippen LogP contribution in [0, 0.1) is 6.92 Å². The van der Waals surface area contributed by atoms with E-state index >= 15 is 0 Å². The number of nitrogens with one attached hydrogen (secondary N) is 1. The third kappa shape index (κ3) is 2.84. The molecule has 0 fully saturated rings. The van der Waals surface area contributed by atoms with Crippen LogP contribution in [-0.2, 0) is 6.54 Å². The minimum absolute atomic E-state index is 0.284. The number of nitrogens with zero attached hydrogens (tertiary/aromatic N) is 2. The Morgan fingerprint density at radius 1 is 1.53 bits per heavy atom. The van der Waals surface area contributed by atoms with Gasteiger partial charge < -0.3 is 5.32 Å². The van der Waals surface area contributed by atoms with Crippen molar-refractivity contribution in [3.05, 3.63) is 23.0 Å². The first-order chi connectivity index (χ1) is 8.03. The Balaban J connectivity index is 2.04. The van der Waals surface area contributed by atoms with Crippen molar-refractivity contribution in [2.45, 2.75) is 32.1 Å². The monoisotopic (exact) mass is 269 g/mol. The Bertz CT molecular complexity index is 499. The van der Waals surface area contributed by atoms with E-state index in [1.807, 2.05) is 11.8 Å². The van der Waals surface area contributed by atoms with Gasteiger partial charge in [-0.05, 0) is 27.0 Å². The molecule has 0 saturated heterocycles. The summed E-state index contributed by atoms with van der Waals surface area (Å²) in [7, 11) is 0. The van der Waals surface area contributed by atoms with Crippen molar-refractivity contribution in [2.24, 2.45) is 0 Å². The van der Waals surface area contributed by atoms with E-state index < -0.39 is 0 Å². The number of thioether (sulfide) groups is 1. The lowest BCUT2D eigenvalue weighted by atomic mass is 10.2. The highest BCUT2D eigenvalue weighted by Gasteiger charge is 2.16. The van der Waals surface area contributed by atoms with Crippen LogP contribution in [0.2, 0.25) is 0 Å². The molecule has 0 amide bonds. The van der Waals surface area contributed by atoms with Crippen LogP contribution in [0.15, 0.2) is 11.6 Å². The molecule has 0 aliphatic carbocycles. The molecule has 5 heteroatoms. The van der Waals surface area contributed by atoms with Crippen molar-refractivity contribution >= 4 is 28.1 Å². The first-order valence-electron chi connectivity index (χ1n) is 5.70. The standard InChI is InChI=1S/C12H19N3S2/c1-9-10(7-13-8-12(2,3)16-4)15-5-6-17-11(15)14-9/h5-6,13H,7-8H2,1-4H3. The number of imidazole rings is 1. The third-order valence-corrected chi connectivity index (χ3v) is 4.96. The first-order valence-corrected chi connectivity index (χ1v) is 7.81. The van der Waals surface area contributed by atoms with Crippen molar-refractivity contribution < 1.29 is 0 Å². The summed E-state index contributed by atoms with van der Waals surface area (Å²) in [6.45, 7) is 8.48. The highest BCUT2D eigenvalue weighted by Crippen LogP contribution is 2.20. The van der Waals surface area contributed by atoms with E-state index in [1.54, 1.807) is 11.3 Å². The van der Waals surface area contributed by atoms with E-state index in [4.69, 9.17) is 0 Å². The number of hydrogen-bond acceptors (Lipinski definition) is 4. The summed E-state index contributed by atoms with van der Waals surface area (Å²) < 4.78 is 2.46. The molecule has 94 valence electrons. The lowest BCUT2D eigenvalue weighted by Crippen LogP contribution is -2.32. The normalized spacial score (nSPS) is 12.5. The number of rotatable bonds is 5. The zero-order valence-corrected chi connectivity index (χ0v) is 12.4. The minimum Gasteiger partial charge on any atom is -0.310 e. The Morgan fingerprint density at radius 3 is 3.00 bits per heavy atom. The van der Waals surface area contributed by atoms with E-state index in [0.29, 0.717) is 0 Å². The molecule has 0 unspecified atom stereocenters. The molecule has 17 heavy (non-hydrogen) atoms. The van der Waals surface area contributed by atoms with Crippen molar-refractivity contribution in [2.75, 3.05) is 12.8 Å². The summed E-state index contributed by atoms with van der Waals surface area (Å²) in [4.78, 5) is 5.63. The van der Waals surface area contributed by atoms with Crippen LogP contribution in [0.25, 0.3) is 4.96 Å². The largest absolute Gasteiger partial charge is 0.310 e. The van der Waals surface area contributed by atoms with Crippen molar-refractivity contribution in [3.8, 4) is 0 Å². The van der Waals surface area contributed by atoms with Gasteiger partial charge in [-0.3, -0.25) is 4.40 Å². The molecule has 2 aromatic rings. The number of hydrogen-bond donors (Lipinski definition) is 1. The zero-order chi connectivity index (χ0) is 12.5. The highest BCUT2D eigenvalue weighted by atomic mass is 32.2. The van der Waals surface area contributed by atoms with Gasteiger partial charge in [0.15, 0.2) is 4.96 Å². The molecule has 2 aromatic heterocycles. The molecular formula is C12H19N3S2. The third-order valence-electron chi connectivity index (χ3n) is 2.96. The second-order valence-electron chi connectivity index (χ2n) is 4.77. The van der Waals surface area contributed by atoms with Gasteiger partial charge in [-0.15, -0.1) is 11.3 Å². The first kappa shape index (κ1) is 12.9. The van der Waals surface area contributed by atoms with Crippen molar-refractivity contribution in [1.82, 2.24) is 14.7 Å². The van der Waals surface area contributed by atoms with Crippen LogP contribution in [0.1, 0.15) is 25.2 Å². The molecule has 0 aromatic carbocycles. The molecule has 0 atom stereocenters. The molecule has 0 aliphatic heterocycles. The molecule has 1 N–H and O–H groups in total. The summed E-state index contributed by atoms with van der Waals surface area (Å²) in [5.74, 6) is 0. The van der Waals surface area contributed by atoms with Gasteiger partial charge in [0.1, 0.15) is 0 Å². The van der Waals surface area contributed by atoms with Crippen LogP contribution in [0.4, 0.5) is 0 Å². The molecule has 0 saturated carbocycles. The molecule has 0 radical (unpaired) electrons. The fraction of sp³-hybridized carbons (Fsp3) is 0.583. The maximum Gasteiger partial charge on any atom is 0.194 e. The maximum absolute atomic E-state index is 4.54. The minimum atomic E-state index is 0.284. The Morgan fingerprint density at radius 2 is 2.29 bits per heavy atom. The van der Waals surface area contributed by atoms with Gasteiger partial charge in [0.05, 0.1) is 11.4 Å². The van der Waals surface area contributed by atoms with E-state index in [1.165, 1.54) is 5.69 Å². The van der Waals surface area contributed by atoms with Gasteiger partial charge in [-0.2, -0.15) is 11.8 Å². The SMILES string of the molecule is CSC(C)(C)CNCc1c(C)nc2sccn12. The molecule has 2 heterocycles. The summed E-state index contributed by atoms with van der Waals surface area (Å²) in [5, 5.41) is 5.61. The number of aromatic nitrogens is 2. The Kier molecular flexibility index (Phi) is 3.80. The average Bonchev–Trinajstić information content (AvgIpc) is 2.81. The molecule has 2 rings (SSSR count). The van der Waals surface area contributed by atoms with E-state index in [0.717, 1.165) is 23.7 Å². The van der Waals surface area contributed by atoms with Crippen LogP contribution in [0.5, 0.6) is 0 Å². The van der Waals surface area contributed by atoms with Crippen molar-refractivity contribution in [1.29, 1.82) is 0 Å². The lowest BCUT2D eigenvalue weighted by Gasteiger charge is -2.22. The van der Waals surface area contributed by atoms with Crippen molar-refractivity contribution in [3.63, 3.8) is 0 Å². The van der Waals surface area contributed by atoms with Crippen LogP contribution in [-0.4, -0.2) is 26.9 Å². The summed E-state index contributed by atoms with van der Waals surface area (Å²) in [6.07, 6.45) is 4.25. The predicted molar refractivity (Wildman–Crippen MR) is 77.1 cm³/mol. The average molecular weight is 269 g/mol. The maximum atomic E-state index is 4.54. The number of aryl methyl sites for hydroxylation is 1. The Labute approximate surface area is 111 Å². The summed E-state index contributed by atoms with van der Waals surface area (Å²) in [5.41, 5.74) is 2.41. The molecule has 0 aliphatic rings. The fourth-order valence-corrected chi connectivity index (χ4v) is 2.73. The van der Waals surface area contributed by atoms with Gasteiger partial charge in [-0.1, -0.05) is 0 Å². The molecule has 3 nitrogen and oxygen atoms in total. The molecule has 0 spiro atoms. The topological polar surface area (TPSA) is 29.3 Å². The second kappa shape index (κ2) is 5.00. The van der Waals surface area contributed by atoms with Crippen LogP contribution < -0.4 is 5.32 Å². The summed E-state index contributed by atoms with van der Waals surface area (Å²) >= 11 is 3.58. The van der Waals surface area contributed by atoms with Gasteiger partial charge in [0.2, 0.25) is 0 Å².